The molecule has 0 aliphatic heterocycles. The van der Waals surface area contributed by atoms with Crippen LogP contribution in [-0.2, 0) is 7.05 Å². The molecule has 0 amide bonds. The number of ketones is 1. The van der Waals surface area contributed by atoms with Gasteiger partial charge in [0, 0.05) is 38.0 Å². The predicted octanol–water partition coefficient (Wildman–Crippen LogP) is 3.86. The molecule has 11 nitrogen and oxygen atoms in total. The first kappa shape index (κ1) is 23.5. The summed E-state index contributed by atoms with van der Waals surface area (Å²) in [6.45, 7) is 1.82. The van der Waals surface area contributed by atoms with E-state index in [1.807, 2.05) is 42.1 Å². The summed E-state index contributed by atoms with van der Waals surface area (Å²) < 4.78 is 9.19. The quantitative estimate of drug-likeness (QED) is 0.300. The van der Waals surface area contributed by atoms with Gasteiger partial charge in [-0.05, 0) is 25.0 Å². The van der Waals surface area contributed by atoms with Crippen molar-refractivity contribution in [3.05, 3.63) is 54.6 Å². The van der Waals surface area contributed by atoms with Gasteiger partial charge in [0.25, 0.3) is 0 Å². The number of carbonyl (C=O) groups is 1. The molecule has 5 rings (SSSR count). The molecule has 4 aromatic rings. The van der Waals surface area contributed by atoms with Crippen LogP contribution in [-0.4, -0.2) is 53.6 Å². The first-order valence-electron chi connectivity index (χ1n) is 11.8. The summed E-state index contributed by atoms with van der Waals surface area (Å²) in [4.78, 5) is 21.5. The maximum Gasteiger partial charge on any atom is 0.184 e. The van der Waals surface area contributed by atoms with Crippen LogP contribution in [0.4, 0.5) is 23.0 Å². The van der Waals surface area contributed by atoms with Gasteiger partial charge in [0.15, 0.2) is 23.2 Å². The van der Waals surface area contributed by atoms with Gasteiger partial charge in [0.2, 0.25) is 0 Å². The number of nitrogens with zero attached hydrogens (tertiary/aromatic N) is 6. The first-order valence-corrected chi connectivity index (χ1v) is 11.8. The number of aryl methyl sites for hydroxylation is 1. The summed E-state index contributed by atoms with van der Waals surface area (Å²) in [5, 5.41) is 25.1. The molecule has 3 aromatic heterocycles. The van der Waals surface area contributed by atoms with Gasteiger partial charge in [-0.3, -0.25) is 14.2 Å². The summed E-state index contributed by atoms with van der Waals surface area (Å²) in [7, 11) is 3.39. The minimum Gasteiger partial charge on any atom is -0.494 e. The van der Waals surface area contributed by atoms with E-state index >= 15 is 0 Å². The highest BCUT2D eigenvalue weighted by atomic mass is 16.5. The number of hydrogen-bond acceptors (Lipinski definition) is 9. The lowest BCUT2D eigenvalue weighted by atomic mass is 9.90. The number of anilines is 4. The van der Waals surface area contributed by atoms with Crippen LogP contribution in [0.15, 0.2) is 49.1 Å². The van der Waals surface area contributed by atoms with Crippen LogP contribution in [0.25, 0.3) is 11.4 Å². The Hall–Kier alpha value is -4.25. The van der Waals surface area contributed by atoms with Crippen molar-refractivity contribution in [2.45, 2.75) is 38.3 Å². The molecule has 1 aromatic carbocycles. The maximum atomic E-state index is 12.7. The van der Waals surface area contributed by atoms with Crippen molar-refractivity contribution in [2.24, 2.45) is 7.05 Å². The molecular formula is C25H28N8O3. The van der Waals surface area contributed by atoms with E-state index in [2.05, 4.69) is 30.8 Å². The second-order valence-corrected chi connectivity index (χ2v) is 8.73. The van der Waals surface area contributed by atoms with Gasteiger partial charge in [-0.1, -0.05) is 13.0 Å². The third-order valence-electron chi connectivity index (χ3n) is 6.18. The molecule has 1 fully saturated rings. The lowest BCUT2D eigenvalue weighted by Crippen LogP contribution is -2.31. The normalized spacial score (nSPS) is 16.9. The average molecular weight is 489 g/mol. The van der Waals surface area contributed by atoms with Crippen LogP contribution in [0.2, 0.25) is 0 Å². The van der Waals surface area contributed by atoms with Gasteiger partial charge < -0.3 is 20.5 Å². The number of aliphatic hydroxyl groups excluding tert-OH is 1. The van der Waals surface area contributed by atoms with Gasteiger partial charge >= 0.3 is 0 Å². The topological polar surface area (TPSA) is 132 Å². The number of hydrogen-bond donors (Lipinski definition) is 3. The number of para-hydroxylation sites is 1. The zero-order valence-corrected chi connectivity index (χ0v) is 20.3. The van der Waals surface area contributed by atoms with Crippen molar-refractivity contribution >= 4 is 28.8 Å². The van der Waals surface area contributed by atoms with Gasteiger partial charge in [-0.2, -0.15) is 10.2 Å². The van der Waals surface area contributed by atoms with Gasteiger partial charge in [0.1, 0.15) is 12.1 Å². The summed E-state index contributed by atoms with van der Waals surface area (Å²) in [6, 6.07) is 9.47. The van der Waals surface area contributed by atoms with Gasteiger partial charge in [-0.15, -0.1) is 0 Å². The van der Waals surface area contributed by atoms with Crippen molar-refractivity contribution < 1.29 is 14.6 Å². The Morgan fingerprint density at radius 1 is 1.14 bits per heavy atom. The van der Waals surface area contributed by atoms with Crippen molar-refractivity contribution in [1.29, 1.82) is 0 Å². The summed E-state index contributed by atoms with van der Waals surface area (Å²) in [5.41, 5.74) is 2.45. The largest absolute Gasteiger partial charge is 0.494 e. The van der Waals surface area contributed by atoms with Crippen LogP contribution < -0.4 is 15.4 Å². The SMILES string of the molecule is CCC(=O)c1cnc(Nc2ccn(C3CC(O)C3)n2)cc1Nc1cccc(-c2ncn(C)n2)c1OC. The smallest absolute Gasteiger partial charge is 0.184 e. The molecule has 11 heteroatoms. The molecule has 0 bridgehead atoms. The van der Waals surface area contributed by atoms with Crippen LogP contribution in [0.5, 0.6) is 5.75 Å². The molecule has 1 saturated carbocycles. The number of pyridine rings is 1. The minimum atomic E-state index is -0.251. The monoisotopic (exact) mass is 488 g/mol. The molecule has 186 valence electrons. The molecule has 1 aliphatic carbocycles. The zero-order chi connectivity index (χ0) is 25.2. The predicted molar refractivity (Wildman–Crippen MR) is 135 cm³/mol. The first-order chi connectivity index (χ1) is 17.4. The molecule has 0 unspecified atom stereocenters. The van der Waals surface area contributed by atoms with Crippen molar-refractivity contribution in [3.63, 3.8) is 0 Å². The van der Waals surface area contributed by atoms with Crippen LogP contribution in [0.1, 0.15) is 42.6 Å². The van der Waals surface area contributed by atoms with E-state index in [1.54, 1.807) is 37.4 Å². The summed E-state index contributed by atoms with van der Waals surface area (Å²) >= 11 is 0. The molecule has 36 heavy (non-hydrogen) atoms. The third kappa shape index (κ3) is 4.65. The van der Waals surface area contributed by atoms with Gasteiger partial charge in [0.05, 0.1) is 41.8 Å². The Morgan fingerprint density at radius 3 is 2.67 bits per heavy atom. The Kier molecular flexibility index (Phi) is 6.38. The lowest BCUT2D eigenvalue weighted by Gasteiger charge is -2.31. The highest BCUT2D eigenvalue weighted by molar-refractivity contribution is 6.02. The minimum absolute atomic E-state index is 0.0362. The number of nitrogens with one attached hydrogen (secondary N) is 2. The molecule has 3 N–H and O–H groups in total. The highest BCUT2D eigenvalue weighted by Gasteiger charge is 2.29. The van der Waals surface area contributed by atoms with E-state index in [0.717, 1.165) is 5.56 Å². The number of rotatable bonds is 9. The molecule has 0 spiro atoms. The van der Waals surface area contributed by atoms with E-state index in [1.165, 1.54) is 0 Å². The van der Waals surface area contributed by atoms with E-state index in [-0.39, 0.29) is 17.9 Å². The van der Waals surface area contributed by atoms with E-state index in [9.17, 15) is 9.90 Å². The number of ether oxygens (including phenoxy) is 1. The fourth-order valence-corrected chi connectivity index (χ4v) is 4.19. The number of Topliss-reactive ketones (excluding diaryl/α,β-unsaturated/α-hetero) is 1. The van der Waals surface area contributed by atoms with Crippen LogP contribution >= 0.6 is 0 Å². The fourth-order valence-electron chi connectivity index (χ4n) is 4.19. The van der Waals surface area contributed by atoms with Crippen molar-refractivity contribution in [3.8, 4) is 17.1 Å². The Balaban J connectivity index is 1.45. The van der Waals surface area contributed by atoms with Gasteiger partial charge in [-0.25, -0.2) is 9.97 Å². The zero-order valence-electron chi connectivity index (χ0n) is 20.3. The molecule has 0 radical (unpaired) electrons. The van der Waals surface area contributed by atoms with E-state index in [0.29, 0.717) is 59.4 Å². The number of carbonyl (C=O) groups excluding carboxylic acids is 1. The second kappa shape index (κ2) is 9.78. The number of aliphatic hydroxyl groups is 1. The number of aromatic nitrogens is 6. The van der Waals surface area contributed by atoms with Crippen LogP contribution in [0, 0.1) is 0 Å². The molecule has 0 saturated heterocycles. The molecule has 1 aliphatic rings. The molecule has 0 atom stereocenters. The molecule has 3 heterocycles. The maximum absolute atomic E-state index is 12.7. The Morgan fingerprint density at radius 2 is 1.97 bits per heavy atom. The third-order valence-corrected chi connectivity index (χ3v) is 6.18. The second-order valence-electron chi connectivity index (χ2n) is 8.73. The van der Waals surface area contributed by atoms with E-state index in [4.69, 9.17) is 4.74 Å². The van der Waals surface area contributed by atoms with Crippen molar-refractivity contribution in [1.82, 2.24) is 29.5 Å². The number of benzene rings is 1. The summed E-state index contributed by atoms with van der Waals surface area (Å²) in [5.74, 6) is 2.22. The highest BCUT2D eigenvalue weighted by Crippen LogP contribution is 2.38. The number of methoxy groups -OCH3 is 1. The fraction of sp³-hybridized carbons (Fsp3) is 0.320. The summed E-state index contributed by atoms with van der Waals surface area (Å²) in [6.07, 6.45) is 6.57. The standard InChI is InChI=1S/C25H28N8O3/c1-4-21(35)18-13-26-23(29-22-8-9-33(30-22)15-10-16(34)11-15)12-20(18)28-19-7-5-6-17(24(19)36-3)25-27-14-32(2)31-25/h5-9,12-16,34H,4,10-11H2,1-3H3,(H2,26,28,29,30). The van der Waals surface area contributed by atoms with Crippen molar-refractivity contribution in [2.75, 3.05) is 17.7 Å². The van der Waals surface area contributed by atoms with Crippen LogP contribution in [0.3, 0.4) is 0 Å². The molecular weight excluding hydrogens is 460 g/mol. The Labute approximate surface area is 208 Å². The lowest BCUT2D eigenvalue weighted by molar-refractivity contribution is 0.0435. The Bertz CT molecular complexity index is 1390. The van der Waals surface area contributed by atoms with E-state index < -0.39 is 0 Å². The average Bonchev–Trinajstić information content (AvgIpc) is 3.50.